The SMILES string of the molecule is Cc1cc(S(=O)(=O)NCc2ccnn2C)ccc1C#N. The van der Waals surface area contributed by atoms with Gasteiger partial charge in [-0.05, 0) is 36.8 Å². The van der Waals surface area contributed by atoms with Crippen LogP contribution in [0.15, 0.2) is 35.4 Å². The smallest absolute Gasteiger partial charge is 0.240 e. The second-order valence-corrected chi connectivity index (χ2v) is 6.13. The van der Waals surface area contributed by atoms with Gasteiger partial charge in [0, 0.05) is 13.2 Å². The van der Waals surface area contributed by atoms with E-state index in [-0.39, 0.29) is 11.4 Å². The Balaban J connectivity index is 2.21. The minimum atomic E-state index is -3.60. The van der Waals surface area contributed by atoms with E-state index in [2.05, 4.69) is 9.82 Å². The van der Waals surface area contributed by atoms with E-state index in [1.54, 1.807) is 30.9 Å². The standard InChI is InChI=1S/C13H14N4O2S/c1-10-7-13(4-3-11(10)8-14)20(18,19)16-9-12-5-6-15-17(12)2/h3-7,16H,9H2,1-2H3. The number of rotatable bonds is 4. The van der Waals surface area contributed by atoms with Gasteiger partial charge in [0.1, 0.15) is 0 Å². The van der Waals surface area contributed by atoms with Crippen molar-refractivity contribution in [1.29, 1.82) is 5.26 Å². The number of nitriles is 1. The molecule has 1 aromatic heterocycles. The largest absolute Gasteiger partial charge is 0.271 e. The molecule has 0 aliphatic rings. The molecule has 0 amide bonds. The Hall–Kier alpha value is -2.17. The molecular weight excluding hydrogens is 276 g/mol. The van der Waals surface area contributed by atoms with E-state index in [4.69, 9.17) is 5.26 Å². The predicted molar refractivity (Wildman–Crippen MR) is 73.1 cm³/mol. The second kappa shape index (κ2) is 5.45. The Morgan fingerprint density at radius 1 is 1.40 bits per heavy atom. The van der Waals surface area contributed by atoms with Gasteiger partial charge in [-0.2, -0.15) is 10.4 Å². The molecule has 20 heavy (non-hydrogen) atoms. The Kier molecular flexibility index (Phi) is 3.88. The van der Waals surface area contributed by atoms with Crippen molar-refractivity contribution in [3.05, 3.63) is 47.3 Å². The summed E-state index contributed by atoms with van der Waals surface area (Å²) >= 11 is 0. The zero-order valence-electron chi connectivity index (χ0n) is 11.2. The minimum Gasteiger partial charge on any atom is -0.271 e. The number of hydrogen-bond donors (Lipinski definition) is 1. The number of aryl methyl sites for hydroxylation is 2. The van der Waals surface area contributed by atoms with Gasteiger partial charge in [-0.3, -0.25) is 4.68 Å². The van der Waals surface area contributed by atoms with Gasteiger partial charge in [0.05, 0.1) is 28.8 Å². The van der Waals surface area contributed by atoms with Crippen LogP contribution < -0.4 is 4.72 Å². The van der Waals surface area contributed by atoms with E-state index in [1.165, 1.54) is 18.2 Å². The highest BCUT2D eigenvalue weighted by molar-refractivity contribution is 7.89. The monoisotopic (exact) mass is 290 g/mol. The van der Waals surface area contributed by atoms with E-state index >= 15 is 0 Å². The van der Waals surface area contributed by atoms with E-state index in [0.717, 1.165) is 5.69 Å². The molecule has 2 aromatic rings. The maximum atomic E-state index is 12.2. The van der Waals surface area contributed by atoms with Gasteiger partial charge in [0.25, 0.3) is 0 Å². The first-order valence-electron chi connectivity index (χ1n) is 5.91. The van der Waals surface area contributed by atoms with Gasteiger partial charge in [-0.15, -0.1) is 0 Å². The number of benzene rings is 1. The molecule has 104 valence electrons. The van der Waals surface area contributed by atoms with Crippen LogP contribution in [0.25, 0.3) is 0 Å². The fraction of sp³-hybridized carbons (Fsp3) is 0.231. The molecule has 6 nitrogen and oxygen atoms in total. The lowest BCUT2D eigenvalue weighted by atomic mass is 10.1. The fourth-order valence-electron chi connectivity index (χ4n) is 1.76. The molecule has 0 spiro atoms. The average Bonchev–Trinajstić information content (AvgIpc) is 2.82. The van der Waals surface area contributed by atoms with Crippen LogP contribution >= 0.6 is 0 Å². The van der Waals surface area contributed by atoms with Crippen LogP contribution in [-0.2, 0) is 23.6 Å². The van der Waals surface area contributed by atoms with Crippen molar-refractivity contribution < 1.29 is 8.42 Å². The third kappa shape index (κ3) is 2.87. The Morgan fingerprint density at radius 2 is 2.15 bits per heavy atom. The Morgan fingerprint density at radius 3 is 2.70 bits per heavy atom. The molecule has 0 aliphatic carbocycles. The van der Waals surface area contributed by atoms with Gasteiger partial charge in [-0.25, -0.2) is 13.1 Å². The first-order chi connectivity index (χ1) is 9.44. The van der Waals surface area contributed by atoms with Crippen molar-refractivity contribution in [2.24, 2.45) is 7.05 Å². The molecule has 7 heteroatoms. The summed E-state index contributed by atoms with van der Waals surface area (Å²) in [6, 6.07) is 8.18. The van der Waals surface area contributed by atoms with Crippen molar-refractivity contribution in [1.82, 2.24) is 14.5 Å². The molecule has 0 saturated heterocycles. The van der Waals surface area contributed by atoms with Gasteiger partial charge >= 0.3 is 0 Å². The third-order valence-electron chi connectivity index (χ3n) is 2.99. The summed E-state index contributed by atoms with van der Waals surface area (Å²) in [7, 11) is -1.86. The van der Waals surface area contributed by atoms with Gasteiger partial charge in [-0.1, -0.05) is 0 Å². The molecule has 0 unspecified atom stereocenters. The van der Waals surface area contributed by atoms with Crippen LogP contribution in [0.1, 0.15) is 16.8 Å². The second-order valence-electron chi connectivity index (χ2n) is 4.36. The molecule has 0 atom stereocenters. The van der Waals surface area contributed by atoms with E-state index < -0.39 is 10.0 Å². The third-order valence-corrected chi connectivity index (χ3v) is 4.39. The predicted octanol–water partition coefficient (Wildman–Crippen LogP) is 1.08. The van der Waals surface area contributed by atoms with Crippen molar-refractivity contribution >= 4 is 10.0 Å². The van der Waals surface area contributed by atoms with Crippen molar-refractivity contribution in [2.75, 3.05) is 0 Å². The van der Waals surface area contributed by atoms with Crippen LogP contribution in [0.4, 0.5) is 0 Å². The summed E-state index contributed by atoms with van der Waals surface area (Å²) in [6.07, 6.45) is 1.61. The lowest BCUT2D eigenvalue weighted by Gasteiger charge is -2.08. The van der Waals surface area contributed by atoms with E-state index in [9.17, 15) is 8.42 Å². The summed E-state index contributed by atoms with van der Waals surface area (Å²) in [5, 5.41) is 12.8. The quantitative estimate of drug-likeness (QED) is 0.912. The highest BCUT2D eigenvalue weighted by atomic mass is 32.2. The topological polar surface area (TPSA) is 87.8 Å². The lowest BCUT2D eigenvalue weighted by molar-refractivity contribution is 0.577. The summed E-state index contributed by atoms with van der Waals surface area (Å²) in [5.41, 5.74) is 1.87. The zero-order valence-corrected chi connectivity index (χ0v) is 12.0. The maximum Gasteiger partial charge on any atom is 0.240 e. The molecule has 2 rings (SSSR count). The normalized spacial score (nSPS) is 11.2. The lowest BCUT2D eigenvalue weighted by Crippen LogP contribution is -2.24. The first kappa shape index (κ1) is 14.2. The van der Waals surface area contributed by atoms with E-state index in [0.29, 0.717) is 11.1 Å². The number of nitrogens with zero attached hydrogens (tertiary/aromatic N) is 3. The number of aromatic nitrogens is 2. The molecule has 0 radical (unpaired) electrons. The van der Waals surface area contributed by atoms with Crippen LogP contribution in [-0.4, -0.2) is 18.2 Å². The first-order valence-corrected chi connectivity index (χ1v) is 7.39. The highest BCUT2D eigenvalue weighted by Gasteiger charge is 2.15. The number of nitrogens with one attached hydrogen (secondary N) is 1. The summed E-state index contributed by atoms with van der Waals surface area (Å²) in [4.78, 5) is 0.149. The zero-order chi connectivity index (χ0) is 14.8. The van der Waals surface area contributed by atoms with Gasteiger partial charge < -0.3 is 0 Å². The number of hydrogen-bond acceptors (Lipinski definition) is 4. The van der Waals surface area contributed by atoms with E-state index in [1.807, 2.05) is 6.07 Å². The summed E-state index contributed by atoms with van der Waals surface area (Å²) < 4.78 is 28.4. The van der Waals surface area contributed by atoms with Gasteiger partial charge in [0.15, 0.2) is 0 Å². The molecule has 1 N–H and O–H groups in total. The molecule has 0 aliphatic heterocycles. The van der Waals surface area contributed by atoms with Crippen LogP contribution in [0.3, 0.4) is 0 Å². The van der Waals surface area contributed by atoms with Gasteiger partial charge in [0.2, 0.25) is 10.0 Å². The Bertz CT molecular complexity index is 772. The average molecular weight is 290 g/mol. The summed E-state index contributed by atoms with van der Waals surface area (Å²) in [6.45, 7) is 1.87. The van der Waals surface area contributed by atoms with Crippen LogP contribution in [0, 0.1) is 18.3 Å². The van der Waals surface area contributed by atoms with Crippen molar-refractivity contribution in [3.8, 4) is 6.07 Å². The van der Waals surface area contributed by atoms with Crippen molar-refractivity contribution in [2.45, 2.75) is 18.4 Å². The molecule has 1 heterocycles. The fourth-order valence-corrected chi connectivity index (χ4v) is 2.84. The molecular formula is C13H14N4O2S. The van der Waals surface area contributed by atoms with Crippen molar-refractivity contribution in [3.63, 3.8) is 0 Å². The highest BCUT2D eigenvalue weighted by Crippen LogP contribution is 2.15. The molecule has 0 saturated carbocycles. The van der Waals surface area contributed by atoms with Crippen LogP contribution in [0.5, 0.6) is 0 Å². The minimum absolute atomic E-state index is 0.149. The number of sulfonamides is 1. The molecule has 0 bridgehead atoms. The Labute approximate surface area is 117 Å². The molecule has 1 aromatic carbocycles. The maximum absolute atomic E-state index is 12.2. The molecule has 0 fully saturated rings. The van der Waals surface area contributed by atoms with Crippen LogP contribution in [0.2, 0.25) is 0 Å². The summed E-state index contributed by atoms with van der Waals surface area (Å²) in [5.74, 6) is 0.